The van der Waals surface area contributed by atoms with Crippen LogP contribution in [0.2, 0.25) is 0 Å². The topological polar surface area (TPSA) is 0 Å². The second-order valence-corrected chi connectivity index (χ2v) is 3.11. The largest absolute Gasteiger partial charge is 0.0882 e. The van der Waals surface area contributed by atoms with Gasteiger partial charge in [-0.2, -0.15) is 0 Å². The summed E-state index contributed by atoms with van der Waals surface area (Å²) in [4.78, 5) is 0. The Morgan fingerprint density at radius 2 is 1.42 bits per heavy atom. The Bertz CT molecular complexity index is 120. The van der Waals surface area contributed by atoms with Crippen LogP contribution in [0, 0.1) is 0 Å². The van der Waals surface area contributed by atoms with Crippen LogP contribution in [0.1, 0.15) is 52.4 Å². The molecule has 70 valence electrons. The molecule has 0 aliphatic heterocycles. The second-order valence-electron chi connectivity index (χ2n) is 3.11. The maximum atomic E-state index is 2.29. The van der Waals surface area contributed by atoms with Gasteiger partial charge >= 0.3 is 0 Å². The van der Waals surface area contributed by atoms with Crippen molar-refractivity contribution in [3.63, 3.8) is 0 Å². The fraction of sp³-hybridized carbons (Fsp3) is 0.667. The molecule has 12 heavy (non-hydrogen) atoms. The highest BCUT2D eigenvalue weighted by atomic mass is 13.8. The molecule has 0 rings (SSSR count). The van der Waals surface area contributed by atoms with E-state index in [0.717, 1.165) is 6.42 Å². The smallest absolute Gasteiger partial charge is 0.0169 e. The molecule has 0 aliphatic rings. The molecular formula is C12H22. The normalized spacial score (nSPS) is 11.8. The highest BCUT2D eigenvalue weighted by Crippen LogP contribution is 1.97. The third kappa shape index (κ3) is 9.48. The molecule has 0 spiro atoms. The van der Waals surface area contributed by atoms with Crippen LogP contribution in [-0.4, -0.2) is 0 Å². The average molecular weight is 166 g/mol. The van der Waals surface area contributed by atoms with Crippen LogP contribution in [0.5, 0.6) is 0 Å². The molecule has 0 N–H and O–H groups in total. The van der Waals surface area contributed by atoms with E-state index in [2.05, 4.69) is 38.2 Å². The Labute approximate surface area is 77.4 Å². The molecule has 0 aromatic carbocycles. The fourth-order valence-electron chi connectivity index (χ4n) is 0.995. The summed E-state index contributed by atoms with van der Waals surface area (Å²) in [5, 5.41) is 0. The van der Waals surface area contributed by atoms with Gasteiger partial charge in [0.1, 0.15) is 0 Å². The SMILES string of the molecule is CCC/C=C\C/C=C\CCCC. The van der Waals surface area contributed by atoms with Gasteiger partial charge in [-0.1, -0.05) is 57.4 Å². The van der Waals surface area contributed by atoms with Crippen molar-refractivity contribution in [2.45, 2.75) is 52.4 Å². The summed E-state index contributed by atoms with van der Waals surface area (Å²) in [5.74, 6) is 0. The maximum Gasteiger partial charge on any atom is -0.0169 e. The first kappa shape index (κ1) is 11.5. The van der Waals surface area contributed by atoms with Gasteiger partial charge in [-0.3, -0.25) is 0 Å². The summed E-state index contributed by atoms with van der Waals surface area (Å²) in [5.41, 5.74) is 0. The van der Waals surface area contributed by atoms with Gasteiger partial charge < -0.3 is 0 Å². The van der Waals surface area contributed by atoms with E-state index in [-0.39, 0.29) is 0 Å². The van der Waals surface area contributed by atoms with Gasteiger partial charge in [-0.05, 0) is 19.3 Å². The Morgan fingerprint density at radius 1 is 0.750 bits per heavy atom. The molecule has 0 amide bonds. The fourth-order valence-corrected chi connectivity index (χ4v) is 0.995. The highest BCUT2D eigenvalue weighted by Gasteiger charge is 1.77. The lowest BCUT2D eigenvalue weighted by atomic mass is 10.2. The van der Waals surface area contributed by atoms with Gasteiger partial charge in [0.25, 0.3) is 0 Å². The lowest BCUT2D eigenvalue weighted by Gasteiger charge is -1.87. The summed E-state index contributed by atoms with van der Waals surface area (Å²) >= 11 is 0. The zero-order valence-corrected chi connectivity index (χ0v) is 8.55. The van der Waals surface area contributed by atoms with E-state index in [4.69, 9.17) is 0 Å². The van der Waals surface area contributed by atoms with E-state index in [1.807, 2.05) is 0 Å². The van der Waals surface area contributed by atoms with Crippen LogP contribution in [0.25, 0.3) is 0 Å². The van der Waals surface area contributed by atoms with Crippen LogP contribution >= 0.6 is 0 Å². The second kappa shape index (κ2) is 10.5. The lowest BCUT2D eigenvalue weighted by molar-refractivity contribution is 0.813. The van der Waals surface area contributed by atoms with Gasteiger partial charge in [-0.25, -0.2) is 0 Å². The molecule has 0 radical (unpaired) electrons. The molecule has 0 saturated carbocycles. The zero-order chi connectivity index (χ0) is 9.07. The molecule has 0 heteroatoms. The van der Waals surface area contributed by atoms with Gasteiger partial charge in [-0.15, -0.1) is 0 Å². The molecule has 0 aliphatic carbocycles. The molecule has 0 atom stereocenters. The number of unbranched alkanes of at least 4 members (excludes halogenated alkanes) is 3. The van der Waals surface area contributed by atoms with Crippen molar-refractivity contribution in [2.75, 3.05) is 0 Å². The van der Waals surface area contributed by atoms with E-state index >= 15 is 0 Å². The monoisotopic (exact) mass is 166 g/mol. The minimum Gasteiger partial charge on any atom is -0.0882 e. The first-order valence-electron chi connectivity index (χ1n) is 5.21. The lowest BCUT2D eigenvalue weighted by Crippen LogP contribution is -1.67. The van der Waals surface area contributed by atoms with Crippen LogP contribution in [0.15, 0.2) is 24.3 Å². The van der Waals surface area contributed by atoms with Crippen molar-refractivity contribution in [3.05, 3.63) is 24.3 Å². The molecular weight excluding hydrogens is 144 g/mol. The summed E-state index contributed by atoms with van der Waals surface area (Å²) in [7, 11) is 0. The van der Waals surface area contributed by atoms with E-state index in [9.17, 15) is 0 Å². The third-order valence-electron chi connectivity index (χ3n) is 1.79. The van der Waals surface area contributed by atoms with Crippen LogP contribution in [0.4, 0.5) is 0 Å². The Morgan fingerprint density at radius 3 is 2.00 bits per heavy atom. The Kier molecular flexibility index (Phi) is 10.0. The highest BCUT2D eigenvalue weighted by molar-refractivity contribution is 4.92. The van der Waals surface area contributed by atoms with Gasteiger partial charge in [0.05, 0.1) is 0 Å². The standard InChI is InChI=1S/C12H22/c1-3-5-7-9-11-12-10-8-6-4-2/h7,9-10,12H,3-6,8,11H2,1-2H3/b9-7-,12-10-. The van der Waals surface area contributed by atoms with Gasteiger partial charge in [0.15, 0.2) is 0 Å². The van der Waals surface area contributed by atoms with Gasteiger partial charge in [0.2, 0.25) is 0 Å². The Hall–Kier alpha value is -0.520. The van der Waals surface area contributed by atoms with Crippen molar-refractivity contribution in [2.24, 2.45) is 0 Å². The van der Waals surface area contributed by atoms with Crippen LogP contribution in [0.3, 0.4) is 0 Å². The molecule has 0 unspecified atom stereocenters. The minimum atomic E-state index is 1.11. The molecule has 0 aromatic heterocycles. The van der Waals surface area contributed by atoms with Crippen LogP contribution in [-0.2, 0) is 0 Å². The zero-order valence-electron chi connectivity index (χ0n) is 8.55. The molecule has 0 bridgehead atoms. The summed E-state index contributed by atoms with van der Waals surface area (Å²) in [6.45, 7) is 4.44. The summed E-state index contributed by atoms with van der Waals surface area (Å²) in [6, 6.07) is 0. The third-order valence-corrected chi connectivity index (χ3v) is 1.79. The Balaban J connectivity index is 3.12. The predicted octanol–water partition coefficient (Wildman–Crippen LogP) is 4.48. The number of allylic oxidation sites excluding steroid dienone is 4. The van der Waals surface area contributed by atoms with E-state index in [1.165, 1.54) is 32.1 Å². The van der Waals surface area contributed by atoms with E-state index in [0.29, 0.717) is 0 Å². The average Bonchev–Trinajstić information content (AvgIpc) is 2.10. The van der Waals surface area contributed by atoms with Gasteiger partial charge in [0, 0.05) is 0 Å². The maximum absolute atomic E-state index is 2.29. The number of hydrogen-bond acceptors (Lipinski definition) is 0. The van der Waals surface area contributed by atoms with E-state index in [1.54, 1.807) is 0 Å². The van der Waals surface area contributed by atoms with Crippen molar-refractivity contribution in [1.82, 2.24) is 0 Å². The molecule has 0 heterocycles. The number of rotatable bonds is 7. The van der Waals surface area contributed by atoms with Crippen molar-refractivity contribution in [3.8, 4) is 0 Å². The predicted molar refractivity (Wildman–Crippen MR) is 57.3 cm³/mol. The first-order valence-corrected chi connectivity index (χ1v) is 5.21. The van der Waals surface area contributed by atoms with E-state index < -0.39 is 0 Å². The minimum absolute atomic E-state index is 1.11. The molecule has 0 aromatic rings. The van der Waals surface area contributed by atoms with Crippen LogP contribution < -0.4 is 0 Å². The molecule has 0 saturated heterocycles. The summed E-state index contributed by atoms with van der Waals surface area (Å²) < 4.78 is 0. The number of hydrogen-bond donors (Lipinski definition) is 0. The van der Waals surface area contributed by atoms with Crippen molar-refractivity contribution >= 4 is 0 Å². The van der Waals surface area contributed by atoms with Crippen molar-refractivity contribution in [1.29, 1.82) is 0 Å². The summed E-state index contributed by atoms with van der Waals surface area (Å²) in [6.07, 6.45) is 16.6. The van der Waals surface area contributed by atoms with Crippen molar-refractivity contribution < 1.29 is 0 Å². The quantitative estimate of drug-likeness (QED) is 0.386. The molecule has 0 fully saturated rings. The molecule has 0 nitrogen and oxygen atoms in total. The first-order chi connectivity index (χ1) is 5.91.